The molecule has 1 aromatic heterocycles. The van der Waals surface area contributed by atoms with E-state index in [1.165, 1.54) is 4.90 Å². The van der Waals surface area contributed by atoms with Gasteiger partial charge in [-0.05, 0) is 31.9 Å². The molecule has 0 N–H and O–H groups in total. The number of benzene rings is 1. The Hall–Kier alpha value is -2.43. The zero-order chi connectivity index (χ0) is 14.4. The molecule has 1 amide bonds. The Labute approximate surface area is 116 Å². The number of hydrogen-bond acceptors (Lipinski definition) is 4. The highest BCUT2D eigenvalue weighted by Crippen LogP contribution is 2.35. The molecular formula is C15H14N2O3. The summed E-state index contributed by atoms with van der Waals surface area (Å²) in [5.74, 6) is -0.388. The number of aromatic nitrogens is 1. The number of fused-ring (bicyclic) bond motifs is 1. The second-order valence-electron chi connectivity index (χ2n) is 5.08. The van der Waals surface area contributed by atoms with Crippen LogP contribution >= 0.6 is 0 Å². The highest BCUT2D eigenvalue weighted by Gasteiger charge is 2.38. The molecule has 2 aromatic rings. The maximum Gasteiger partial charge on any atom is 0.299 e. The van der Waals surface area contributed by atoms with Gasteiger partial charge in [-0.2, -0.15) is 0 Å². The fourth-order valence-electron chi connectivity index (χ4n) is 2.56. The van der Waals surface area contributed by atoms with Crippen molar-refractivity contribution in [3.05, 3.63) is 46.3 Å². The molecule has 1 aliphatic rings. The van der Waals surface area contributed by atoms with E-state index in [0.717, 1.165) is 16.8 Å². The van der Waals surface area contributed by atoms with Gasteiger partial charge in [0.1, 0.15) is 0 Å². The van der Waals surface area contributed by atoms with Gasteiger partial charge in [-0.25, -0.2) is 0 Å². The lowest BCUT2D eigenvalue weighted by Gasteiger charge is -2.17. The lowest BCUT2D eigenvalue weighted by atomic mass is 10.0. The van der Waals surface area contributed by atoms with Gasteiger partial charge in [0.25, 0.3) is 11.7 Å². The summed E-state index contributed by atoms with van der Waals surface area (Å²) in [6.45, 7) is 5.77. The number of carbonyl (C=O) groups is 2. The van der Waals surface area contributed by atoms with E-state index < -0.39 is 11.7 Å². The van der Waals surface area contributed by atoms with E-state index in [1.807, 2.05) is 32.9 Å². The number of aryl methyl sites for hydroxylation is 3. The van der Waals surface area contributed by atoms with Crippen molar-refractivity contribution in [2.45, 2.75) is 27.3 Å². The lowest BCUT2D eigenvalue weighted by molar-refractivity contribution is -0.114. The molecule has 20 heavy (non-hydrogen) atoms. The quantitative estimate of drug-likeness (QED) is 0.786. The zero-order valence-electron chi connectivity index (χ0n) is 11.6. The van der Waals surface area contributed by atoms with E-state index in [2.05, 4.69) is 5.16 Å². The van der Waals surface area contributed by atoms with Crippen LogP contribution in [-0.4, -0.2) is 16.8 Å². The molecule has 2 heterocycles. The van der Waals surface area contributed by atoms with Gasteiger partial charge in [0.05, 0.1) is 23.5 Å². The summed E-state index contributed by atoms with van der Waals surface area (Å²) in [4.78, 5) is 25.8. The van der Waals surface area contributed by atoms with E-state index in [1.54, 1.807) is 6.07 Å². The Morgan fingerprint density at radius 2 is 1.85 bits per heavy atom. The lowest BCUT2D eigenvalue weighted by Crippen LogP contribution is -2.29. The summed E-state index contributed by atoms with van der Waals surface area (Å²) in [7, 11) is 0. The highest BCUT2D eigenvalue weighted by molar-refractivity contribution is 6.52. The van der Waals surface area contributed by atoms with Crippen LogP contribution < -0.4 is 4.90 Å². The average Bonchev–Trinajstić information content (AvgIpc) is 2.92. The number of hydrogen-bond donors (Lipinski definition) is 0. The maximum absolute atomic E-state index is 12.2. The van der Waals surface area contributed by atoms with Crippen LogP contribution in [0.15, 0.2) is 22.7 Å². The molecule has 0 aliphatic carbocycles. The molecule has 5 nitrogen and oxygen atoms in total. The Bertz CT molecular complexity index is 731. The first-order valence-corrected chi connectivity index (χ1v) is 6.37. The van der Waals surface area contributed by atoms with Crippen LogP contribution in [0.5, 0.6) is 0 Å². The maximum atomic E-state index is 12.2. The van der Waals surface area contributed by atoms with Crippen LogP contribution in [0.2, 0.25) is 0 Å². The van der Waals surface area contributed by atoms with Crippen molar-refractivity contribution in [3.8, 4) is 0 Å². The molecule has 0 unspecified atom stereocenters. The van der Waals surface area contributed by atoms with Gasteiger partial charge in [0.2, 0.25) is 0 Å². The Morgan fingerprint density at radius 3 is 2.50 bits per heavy atom. The van der Waals surface area contributed by atoms with E-state index in [0.29, 0.717) is 17.0 Å². The smallest absolute Gasteiger partial charge is 0.299 e. The molecule has 3 rings (SSSR count). The summed E-state index contributed by atoms with van der Waals surface area (Å²) in [5, 5.41) is 3.80. The number of rotatable bonds is 2. The molecule has 1 aliphatic heterocycles. The summed E-state index contributed by atoms with van der Waals surface area (Å²) >= 11 is 0. The molecule has 0 spiro atoms. The summed E-state index contributed by atoms with van der Waals surface area (Å²) < 4.78 is 5.14. The number of ketones is 1. The molecular weight excluding hydrogens is 256 g/mol. The van der Waals surface area contributed by atoms with Gasteiger partial charge >= 0.3 is 0 Å². The van der Waals surface area contributed by atoms with Crippen molar-refractivity contribution in [3.63, 3.8) is 0 Å². The minimum absolute atomic E-state index is 0.225. The molecule has 0 bridgehead atoms. The third-order valence-electron chi connectivity index (χ3n) is 3.52. The van der Waals surface area contributed by atoms with Crippen LogP contribution in [0.3, 0.4) is 0 Å². The van der Waals surface area contributed by atoms with Crippen molar-refractivity contribution in [2.75, 3.05) is 4.90 Å². The number of Topliss-reactive ketones (excluding diaryl/α,β-unsaturated/α-hetero) is 1. The van der Waals surface area contributed by atoms with Crippen molar-refractivity contribution in [1.29, 1.82) is 0 Å². The first-order valence-electron chi connectivity index (χ1n) is 6.37. The van der Waals surface area contributed by atoms with Crippen LogP contribution in [0, 0.1) is 20.8 Å². The van der Waals surface area contributed by atoms with E-state index >= 15 is 0 Å². The first-order chi connectivity index (χ1) is 9.49. The standard InChI is InChI=1S/C15H14N2O3/c1-8-4-5-9(2)13-12(8)14(18)15(19)17(13)7-11-6-10(3)16-20-11/h4-6H,7H2,1-3H3. The van der Waals surface area contributed by atoms with Crippen LogP contribution in [0.1, 0.15) is 32.9 Å². The molecule has 1 aromatic carbocycles. The van der Waals surface area contributed by atoms with Gasteiger partial charge < -0.3 is 4.52 Å². The number of anilines is 1. The summed E-state index contributed by atoms with van der Waals surface area (Å²) in [6, 6.07) is 5.54. The van der Waals surface area contributed by atoms with Crippen molar-refractivity contribution in [1.82, 2.24) is 5.16 Å². The fraction of sp³-hybridized carbons (Fsp3) is 0.267. The van der Waals surface area contributed by atoms with Crippen LogP contribution in [0.25, 0.3) is 0 Å². The minimum Gasteiger partial charge on any atom is -0.359 e. The summed E-state index contributed by atoms with van der Waals surface area (Å²) in [5.41, 5.74) is 3.67. The highest BCUT2D eigenvalue weighted by atomic mass is 16.5. The van der Waals surface area contributed by atoms with E-state index in [4.69, 9.17) is 4.52 Å². The molecule has 0 fully saturated rings. The molecule has 0 radical (unpaired) electrons. The van der Waals surface area contributed by atoms with E-state index in [9.17, 15) is 9.59 Å². The molecule has 0 saturated heterocycles. The number of amides is 1. The molecule has 0 atom stereocenters. The van der Waals surface area contributed by atoms with Crippen molar-refractivity contribution < 1.29 is 14.1 Å². The monoisotopic (exact) mass is 270 g/mol. The van der Waals surface area contributed by atoms with Crippen LogP contribution in [0.4, 0.5) is 5.69 Å². The molecule has 102 valence electrons. The SMILES string of the molecule is Cc1cc(CN2C(=O)C(=O)c3c(C)ccc(C)c32)on1. The molecule has 0 saturated carbocycles. The second-order valence-corrected chi connectivity index (χ2v) is 5.08. The van der Waals surface area contributed by atoms with Gasteiger partial charge in [0.15, 0.2) is 5.76 Å². The van der Waals surface area contributed by atoms with Gasteiger partial charge in [-0.3, -0.25) is 14.5 Å². The van der Waals surface area contributed by atoms with Crippen molar-refractivity contribution >= 4 is 17.4 Å². The predicted octanol–water partition coefficient (Wildman–Crippen LogP) is 2.33. The Kier molecular flexibility index (Phi) is 2.71. The number of carbonyl (C=O) groups excluding carboxylic acids is 2. The van der Waals surface area contributed by atoms with Gasteiger partial charge in [-0.1, -0.05) is 17.3 Å². The van der Waals surface area contributed by atoms with Crippen molar-refractivity contribution in [2.24, 2.45) is 0 Å². The Morgan fingerprint density at radius 1 is 1.15 bits per heavy atom. The third-order valence-corrected chi connectivity index (χ3v) is 3.52. The van der Waals surface area contributed by atoms with Crippen LogP contribution in [-0.2, 0) is 11.3 Å². The molecule has 5 heteroatoms. The fourth-order valence-corrected chi connectivity index (χ4v) is 2.56. The third kappa shape index (κ3) is 1.74. The topological polar surface area (TPSA) is 63.4 Å². The minimum atomic E-state index is -0.508. The Balaban J connectivity index is 2.08. The normalized spacial score (nSPS) is 14.1. The van der Waals surface area contributed by atoms with Gasteiger partial charge in [-0.15, -0.1) is 0 Å². The average molecular weight is 270 g/mol. The largest absolute Gasteiger partial charge is 0.359 e. The predicted molar refractivity (Wildman–Crippen MR) is 72.7 cm³/mol. The van der Waals surface area contributed by atoms with E-state index in [-0.39, 0.29) is 6.54 Å². The van der Waals surface area contributed by atoms with Gasteiger partial charge in [0, 0.05) is 6.07 Å². The first kappa shape index (κ1) is 12.6. The zero-order valence-corrected chi connectivity index (χ0v) is 11.6. The second kappa shape index (κ2) is 4.30. The number of nitrogens with zero attached hydrogens (tertiary/aromatic N) is 2. The summed E-state index contributed by atoms with van der Waals surface area (Å²) in [6.07, 6.45) is 0.